The number of nitrogens with one attached hydrogen (secondary N) is 1. The highest BCUT2D eigenvalue weighted by Crippen LogP contribution is 2.37. The van der Waals surface area contributed by atoms with Crippen LogP contribution in [0.3, 0.4) is 0 Å². The molecule has 0 unspecified atom stereocenters. The van der Waals surface area contributed by atoms with E-state index >= 15 is 0 Å². The number of phenolic OH excluding ortho intramolecular Hbond substituents is 1. The van der Waals surface area contributed by atoms with E-state index in [0.29, 0.717) is 11.5 Å². The minimum absolute atomic E-state index is 0.0547. The molecule has 1 saturated heterocycles. The maximum atomic E-state index is 9.89. The van der Waals surface area contributed by atoms with E-state index in [1.165, 1.54) is 25.9 Å². The Labute approximate surface area is 126 Å². The van der Waals surface area contributed by atoms with Crippen molar-refractivity contribution in [3.8, 4) is 17.2 Å². The highest BCUT2D eigenvalue weighted by atomic mass is 16.5. The van der Waals surface area contributed by atoms with Gasteiger partial charge >= 0.3 is 0 Å². The molecule has 0 bridgehead atoms. The summed E-state index contributed by atoms with van der Waals surface area (Å²) in [6.07, 6.45) is 2.51. The topological polar surface area (TPSA) is 54.0 Å². The molecule has 0 amide bonds. The minimum Gasteiger partial charge on any atom is -0.502 e. The van der Waals surface area contributed by atoms with Gasteiger partial charge in [0.05, 0.1) is 14.2 Å². The summed E-state index contributed by atoms with van der Waals surface area (Å²) in [5.41, 5.74) is 1.05. The van der Waals surface area contributed by atoms with E-state index in [0.717, 1.165) is 24.6 Å². The fourth-order valence-electron chi connectivity index (χ4n) is 2.74. The van der Waals surface area contributed by atoms with Crippen LogP contribution in [0, 0.1) is 5.92 Å². The molecule has 1 aliphatic heterocycles. The van der Waals surface area contributed by atoms with Crippen molar-refractivity contribution in [2.24, 2.45) is 5.92 Å². The summed E-state index contributed by atoms with van der Waals surface area (Å²) in [4.78, 5) is 2.38. The van der Waals surface area contributed by atoms with Gasteiger partial charge in [-0.2, -0.15) is 0 Å². The van der Waals surface area contributed by atoms with Gasteiger partial charge in [0.25, 0.3) is 0 Å². The van der Waals surface area contributed by atoms with Crippen LogP contribution in [0.2, 0.25) is 0 Å². The molecule has 2 rings (SSSR count). The lowest BCUT2D eigenvalue weighted by atomic mass is 9.97. The lowest BCUT2D eigenvalue weighted by Gasteiger charge is -2.29. The van der Waals surface area contributed by atoms with E-state index in [1.807, 2.05) is 12.1 Å². The van der Waals surface area contributed by atoms with Gasteiger partial charge in [-0.25, -0.2) is 0 Å². The van der Waals surface area contributed by atoms with Crippen LogP contribution in [-0.2, 0) is 6.54 Å². The van der Waals surface area contributed by atoms with Gasteiger partial charge in [-0.15, -0.1) is 0 Å². The largest absolute Gasteiger partial charge is 0.502 e. The van der Waals surface area contributed by atoms with Gasteiger partial charge in [-0.3, -0.25) is 0 Å². The highest BCUT2D eigenvalue weighted by molar-refractivity contribution is 5.52. The second kappa shape index (κ2) is 7.52. The number of methoxy groups -OCH3 is 2. The zero-order valence-electron chi connectivity index (χ0n) is 13.2. The molecule has 1 heterocycles. The number of nitrogens with zero attached hydrogens (tertiary/aromatic N) is 1. The molecule has 0 atom stereocenters. The molecule has 1 aromatic rings. The summed E-state index contributed by atoms with van der Waals surface area (Å²) in [5.74, 6) is 1.71. The Morgan fingerprint density at radius 2 is 1.76 bits per heavy atom. The summed E-state index contributed by atoms with van der Waals surface area (Å²) >= 11 is 0. The van der Waals surface area contributed by atoms with Crippen molar-refractivity contribution in [2.45, 2.75) is 19.4 Å². The van der Waals surface area contributed by atoms with Crippen molar-refractivity contribution in [2.75, 3.05) is 40.9 Å². The quantitative estimate of drug-likeness (QED) is 0.838. The van der Waals surface area contributed by atoms with Gasteiger partial charge in [0.15, 0.2) is 11.5 Å². The van der Waals surface area contributed by atoms with Crippen LogP contribution in [0.4, 0.5) is 0 Å². The Bertz CT molecular complexity index is 432. The number of rotatable bonds is 6. The minimum atomic E-state index is 0.0547. The van der Waals surface area contributed by atoms with E-state index in [4.69, 9.17) is 9.47 Å². The summed E-state index contributed by atoms with van der Waals surface area (Å²) in [5, 5.41) is 13.4. The lowest BCUT2D eigenvalue weighted by molar-refractivity contribution is 0.216. The molecule has 5 nitrogen and oxygen atoms in total. The van der Waals surface area contributed by atoms with Crippen molar-refractivity contribution >= 4 is 0 Å². The van der Waals surface area contributed by atoms with Gasteiger partial charge in [-0.1, -0.05) is 0 Å². The first kappa shape index (κ1) is 15.9. The average Bonchev–Trinajstić information content (AvgIpc) is 2.50. The summed E-state index contributed by atoms with van der Waals surface area (Å²) < 4.78 is 10.3. The molecule has 21 heavy (non-hydrogen) atoms. The first-order valence-electron chi connectivity index (χ1n) is 7.47. The predicted octanol–water partition coefficient (Wildman–Crippen LogP) is 1.84. The van der Waals surface area contributed by atoms with Gasteiger partial charge in [0.1, 0.15) is 0 Å². The molecular formula is C16H26N2O3. The average molecular weight is 294 g/mol. The zero-order chi connectivity index (χ0) is 15.2. The standard InChI is InChI=1S/C16H26N2O3/c1-18-6-4-12(5-7-18)10-17-11-13-8-14(20-2)16(19)15(9-13)21-3/h8-9,12,17,19H,4-7,10-11H2,1-3H3. The number of hydrogen-bond acceptors (Lipinski definition) is 5. The number of ether oxygens (including phenoxy) is 2. The number of phenols is 1. The molecule has 5 heteroatoms. The molecule has 0 radical (unpaired) electrons. The third-order valence-corrected chi connectivity index (χ3v) is 4.14. The van der Waals surface area contributed by atoms with Crippen molar-refractivity contribution in [3.63, 3.8) is 0 Å². The van der Waals surface area contributed by atoms with Crippen LogP contribution in [0.25, 0.3) is 0 Å². The molecule has 118 valence electrons. The second-order valence-electron chi connectivity index (χ2n) is 5.73. The Kier molecular flexibility index (Phi) is 5.70. The Hall–Kier alpha value is -1.46. The van der Waals surface area contributed by atoms with E-state index in [9.17, 15) is 5.11 Å². The Morgan fingerprint density at radius 1 is 1.19 bits per heavy atom. The number of hydrogen-bond donors (Lipinski definition) is 2. The molecule has 1 aliphatic rings. The second-order valence-corrected chi connectivity index (χ2v) is 5.73. The van der Waals surface area contributed by atoms with Crippen LogP contribution in [0.15, 0.2) is 12.1 Å². The maximum Gasteiger partial charge on any atom is 0.200 e. The van der Waals surface area contributed by atoms with Crippen LogP contribution < -0.4 is 14.8 Å². The molecule has 0 saturated carbocycles. The van der Waals surface area contributed by atoms with Crippen LogP contribution in [0.1, 0.15) is 18.4 Å². The molecule has 0 aromatic heterocycles. The fourth-order valence-corrected chi connectivity index (χ4v) is 2.74. The van der Waals surface area contributed by atoms with Gasteiger partial charge in [0.2, 0.25) is 5.75 Å². The zero-order valence-corrected chi connectivity index (χ0v) is 13.2. The van der Waals surface area contributed by atoms with Crippen molar-refractivity contribution in [1.29, 1.82) is 0 Å². The predicted molar refractivity (Wildman–Crippen MR) is 83.1 cm³/mol. The number of aromatic hydroxyl groups is 1. The molecule has 2 N–H and O–H groups in total. The molecule has 0 aliphatic carbocycles. The van der Waals surface area contributed by atoms with Crippen LogP contribution in [0.5, 0.6) is 17.2 Å². The fraction of sp³-hybridized carbons (Fsp3) is 0.625. The van der Waals surface area contributed by atoms with E-state index in [1.54, 1.807) is 14.2 Å². The maximum absolute atomic E-state index is 9.89. The van der Waals surface area contributed by atoms with Crippen molar-refractivity contribution < 1.29 is 14.6 Å². The van der Waals surface area contributed by atoms with E-state index < -0.39 is 0 Å². The Morgan fingerprint density at radius 3 is 2.29 bits per heavy atom. The molecule has 1 fully saturated rings. The Balaban J connectivity index is 1.88. The third-order valence-electron chi connectivity index (χ3n) is 4.14. The van der Waals surface area contributed by atoms with Gasteiger partial charge in [-0.05, 0) is 63.1 Å². The molecule has 0 spiro atoms. The first-order chi connectivity index (χ1) is 10.1. The smallest absolute Gasteiger partial charge is 0.200 e. The van der Waals surface area contributed by atoms with Gasteiger partial charge in [0, 0.05) is 6.54 Å². The van der Waals surface area contributed by atoms with Gasteiger partial charge < -0.3 is 24.8 Å². The number of likely N-dealkylation sites (tertiary alicyclic amines) is 1. The van der Waals surface area contributed by atoms with Crippen molar-refractivity contribution in [3.05, 3.63) is 17.7 Å². The number of benzene rings is 1. The third kappa shape index (κ3) is 4.25. The molecular weight excluding hydrogens is 268 g/mol. The van der Waals surface area contributed by atoms with E-state index in [-0.39, 0.29) is 5.75 Å². The lowest BCUT2D eigenvalue weighted by Crippen LogP contribution is -2.34. The van der Waals surface area contributed by atoms with E-state index in [2.05, 4.69) is 17.3 Å². The molecule has 1 aromatic carbocycles. The normalized spacial score (nSPS) is 16.9. The van der Waals surface area contributed by atoms with Crippen molar-refractivity contribution in [1.82, 2.24) is 10.2 Å². The van der Waals surface area contributed by atoms with Crippen LogP contribution >= 0.6 is 0 Å². The first-order valence-corrected chi connectivity index (χ1v) is 7.47. The SMILES string of the molecule is COc1cc(CNCC2CCN(C)CC2)cc(OC)c1O. The number of piperidine rings is 1. The monoisotopic (exact) mass is 294 g/mol. The summed E-state index contributed by atoms with van der Waals surface area (Å²) in [7, 11) is 5.27. The van der Waals surface area contributed by atoms with Crippen LogP contribution in [-0.4, -0.2) is 50.9 Å². The highest BCUT2D eigenvalue weighted by Gasteiger charge is 2.16. The summed E-state index contributed by atoms with van der Waals surface area (Å²) in [6.45, 7) is 4.15. The summed E-state index contributed by atoms with van der Waals surface area (Å²) in [6, 6.07) is 3.69.